The Morgan fingerprint density at radius 3 is 3.06 bits per heavy atom. The number of nitrogens with one attached hydrogen (secondary N) is 1. The van der Waals surface area contributed by atoms with Gasteiger partial charge in [-0.3, -0.25) is 4.90 Å². The van der Waals surface area contributed by atoms with E-state index in [1.165, 1.54) is 38.8 Å². The van der Waals surface area contributed by atoms with E-state index in [9.17, 15) is 0 Å². The Bertz CT molecular complexity index is 343. The van der Waals surface area contributed by atoms with E-state index >= 15 is 0 Å². The summed E-state index contributed by atoms with van der Waals surface area (Å²) in [5, 5.41) is 3.66. The lowest BCUT2D eigenvalue weighted by molar-refractivity contribution is 0.147. The monoisotopic (exact) mass is 234 g/mol. The van der Waals surface area contributed by atoms with Crippen molar-refractivity contribution >= 4 is 0 Å². The highest BCUT2D eigenvalue weighted by atomic mass is 16.3. The van der Waals surface area contributed by atoms with Gasteiger partial charge in [0.2, 0.25) is 0 Å². The maximum Gasteiger partial charge on any atom is 0.120 e. The molecule has 3 unspecified atom stereocenters. The van der Waals surface area contributed by atoms with Crippen LogP contribution in [0.15, 0.2) is 22.8 Å². The van der Waals surface area contributed by atoms with Crippen LogP contribution < -0.4 is 5.32 Å². The summed E-state index contributed by atoms with van der Waals surface area (Å²) >= 11 is 0. The van der Waals surface area contributed by atoms with Crippen LogP contribution in [0, 0.1) is 0 Å². The molecule has 0 amide bonds. The number of nitrogens with zero attached hydrogens (tertiary/aromatic N) is 1. The molecule has 0 aliphatic carbocycles. The van der Waals surface area contributed by atoms with Gasteiger partial charge in [-0.05, 0) is 57.8 Å². The van der Waals surface area contributed by atoms with E-state index in [0.29, 0.717) is 18.1 Å². The lowest BCUT2D eigenvalue weighted by Gasteiger charge is -2.33. The first-order valence-corrected chi connectivity index (χ1v) is 6.89. The lowest BCUT2D eigenvalue weighted by Crippen LogP contribution is -2.44. The summed E-state index contributed by atoms with van der Waals surface area (Å²) < 4.78 is 5.56. The Morgan fingerprint density at radius 2 is 2.35 bits per heavy atom. The van der Waals surface area contributed by atoms with E-state index in [0.717, 1.165) is 5.76 Å². The van der Waals surface area contributed by atoms with Gasteiger partial charge in [-0.15, -0.1) is 0 Å². The zero-order valence-corrected chi connectivity index (χ0v) is 10.6. The van der Waals surface area contributed by atoms with Gasteiger partial charge in [-0.1, -0.05) is 0 Å². The van der Waals surface area contributed by atoms with Crippen molar-refractivity contribution in [1.82, 2.24) is 10.2 Å². The van der Waals surface area contributed by atoms with Gasteiger partial charge < -0.3 is 9.73 Å². The van der Waals surface area contributed by atoms with Crippen LogP contribution in [0.5, 0.6) is 0 Å². The maximum absolute atomic E-state index is 5.56. The molecule has 1 N–H and O–H groups in total. The predicted octanol–water partition coefficient (Wildman–Crippen LogP) is 2.56. The van der Waals surface area contributed by atoms with Crippen LogP contribution in [0.25, 0.3) is 0 Å². The van der Waals surface area contributed by atoms with Gasteiger partial charge in [0.1, 0.15) is 5.76 Å². The van der Waals surface area contributed by atoms with Crippen molar-refractivity contribution in [2.24, 2.45) is 0 Å². The van der Waals surface area contributed by atoms with Crippen molar-refractivity contribution in [3.63, 3.8) is 0 Å². The minimum absolute atomic E-state index is 0.417. The van der Waals surface area contributed by atoms with E-state index < -0.39 is 0 Å². The fraction of sp³-hybridized carbons (Fsp3) is 0.714. The molecule has 17 heavy (non-hydrogen) atoms. The third-order valence-electron chi connectivity index (χ3n) is 4.36. The quantitative estimate of drug-likeness (QED) is 0.871. The Labute approximate surface area is 103 Å². The van der Waals surface area contributed by atoms with E-state index in [-0.39, 0.29) is 0 Å². The second kappa shape index (κ2) is 4.83. The molecule has 3 rings (SSSR count). The molecule has 94 valence electrons. The molecule has 3 atom stereocenters. The van der Waals surface area contributed by atoms with E-state index in [1.807, 2.05) is 6.07 Å². The molecule has 2 saturated heterocycles. The lowest BCUT2D eigenvalue weighted by atomic mass is 10.0. The summed E-state index contributed by atoms with van der Waals surface area (Å²) in [6, 6.07) is 5.92. The average molecular weight is 234 g/mol. The Hall–Kier alpha value is -0.800. The summed E-state index contributed by atoms with van der Waals surface area (Å²) in [5.74, 6) is 1.11. The van der Waals surface area contributed by atoms with Gasteiger partial charge >= 0.3 is 0 Å². The summed E-state index contributed by atoms with van der Waals surface area (Å²) in [7, 11) is 0. The molecule has 0 bridgehead atoms. The van der Waals surface area contributed by atoms with Gasteiger partial charge in [-0.2, -0.15) is 0 Å². The van der Waals surface area contributed by atoms with Crippen molar-refractivity contribution in [2.75, 3.05) is 13.1 Å². The molecule has 2 aliphatic heterocycles. The normalized spacial score (nSPS) is 32.1. The summed E-state index contributed by atoms with van der Waals surface area (Å²) in [6.45, 7) is 4.68. The molecule has 1 aromatic rings. The molecule has 0 aromatic carbocycles. The van der Waals surface area contributed by atoms with Gasteiger partial charge in [-0.25, -0.2) is 0 Å². The number of hydrogen-bond acceptors (Lipinski definition) is 3. The second-order valence-electron chi connectivity index (χ2n) is 5.34. The van der Waals surface area contributed by atoms with Crippen molar-refractivity contribution in [3.05, 3.63) is 24.2 Å². The fourth-order valence-electron chi connectivity index (χ4n) is 3.46. The molecule has 0 radical (unpaired) electrons. The molecule has 3 heterocycles. The van der Waals surface area contributed by atoms with E-state index in [2.05, 4.69) is 23.2 Å². The number of furan rings is 1. The van der Waals surface area contributed by atoms with E-state index in [4.69, 9.17) is 4.42 Å². The second-order valence-corrected chi connectivity index (χ2v) is 5.34. The van der Waals surface area contributed by atoms with Gasteiger partial charge in [0.15, 0.2) is 0 Å². The molecular formula is C14H22N2O. The largest absolute Gasteiger partial charge is 0.468 e. The fourth-order valence-corrected chi connectivity index (χ4v) is 3.46. The molecule has 0 saturated carbocycles. The first-order valence-electron chi connectivity index (χ1n) is 6.89. The first kappa shape index (κ1) is 11.3. The smallest absolute Gasteiger partial charge is 0.120 e. The number of hydrogen-bond donors (Lipinski definition) is 1. The van der Waals surface area contributed by atoms with Crippen LogP contribution in [0.3, 0.4) is 0 Å². The standard InChI is InChI=1S/C14H22N2O/c1-11(14-7-4-10-17-14)16-9-3-6-13(16)12-5-2-8-15-12/h4,7,10-13,15H,2-3,5-6,8-9H2,1H3. The summed E-state index contributed by atoms with van der Waals surface area (Å²) in [6.07, 6.45) is 7.12. The van der Waals surface area contributed by atoms with Crippen LogP contribution >= 0.6 is 0 Å². The first-order chi connectivity index (χ1) is 8.36. The van der Waals surface area contributed by atoms with Gasteiger partial charge in [0, 0.05) is 12.1 Å². The van der Waals surface area contributed by atoms with Crippen LogP contribution in [0.2, 0.25) is 0 Å². The topological polar surface area (TPSA) is 28.4 Å². The van der Waals surface area contributed by atoms with Crippen LogP contribution in [-0.4, -0.2) is 30.1 Å². The minimum atomic E-state index is 0.417. The zero-order valence-electron chi connectivity index (χ0n) is 10.6. The third-order valence-corrected chi connectivity index (χ3v) is 4.36. The van der Waals surface area contributed by atoms with Crippen LogP contribution in [0.1, 0.15) is 44.4 Å². The van der Waals surface area contributed by atoms with Crippen LogP contribution in [0.4, 0.5) is 0 Å². The van der Waals surface area contributed by atoms with Crippen molar-refractivity contribution < 1.29 is 4.42 Å². The van der Waals surface area contributed by atoms with Crippen LogP contribution in [-0.2, 0) is 0 Å². The van der Waals surface area contributed by atoms with Gasteiger partial charge in [0.05, 0.1) is 12.3 Å². The SMILES string of the molecule is CC(c1ccco1)N1CCCC1C1CCCN1. The van der Waals surface area contributed by atoms with Crippen molar-refractivity contribution in [3.8, 4) is 0 Å². The average Bonchev–Trinajstić information content (AvgIpc) is 3.09. The van der Waals surface area contributed by atoms with Crippen molar-refractivity contribution in [1.29, 1.82) is 0 Å². The molecule has 1 aromatic heterocycles. The maximum atomic E-state index is 5.56. The molecule has 3 nitrogen and oxygen atoms in total. The third kappa shape index (κ3) is 2.14. The Morgan fingerprint density at radius 1 is 1.41 bits per heavy atom. The number of likely N-dealkylation sites (tertiary alicyclic amines) is 1. The zero-order chi connectivity index (χ0) is 11.7. The molecule has 0 spiro atoms. The Kier molecular flexibility index (Phi) is 3.21. The highest BCUT2D eigenvalue weighted by molar-refractivity contribution is 5.06. The molecule has 2 aliphatic rings. The highest BCUT2D eigenvalue weighted by Crippen LogP contribution is 2.32. The molecule has 3 heteroatoms. The molecular weight excluding hydrogens is 212 g/mol. The predicted molar refractivity (Wildman–Crippen MR) is 67.9 cm³/mol. The van der Waals surface area contributed by atoms with E-state index in [1.54, 1.807) is 6.26 Å². The van der Waals surface area contributed by atoms with Gasteiger partial charge in [0.25, 0.3) is 0 Å². The highest BCUT2D eigenvalue weighted by Gasteiger charge is 2.36. The number of rotatable bonds is 3. The summed E-state index contributed by atoms with van der Waals surface area (Å²) in [4.78, 5) is 2.63. The molecule has 2 fully saturated rings. The minimum Gasteiger partial charge on any atom is -0.468 e. The Balaban J connectivity index is 1.72. The van der Waals surface area contributed by atoms with Crippen molar-refractivity contribution in [2.45, 2.75) is 50.7 Å². The summed E-state index contributed by atoms with van der Waals surface area (Å²) in [5.41, 5.74) is 0.